The van der Waals surface area contributed by atoms with E-state index in [1.165, 1.54) is 24.4 Å². The molecule has 156 valence electrons. The number of aromatic nitrogens is 3. The van der Waals surface area contributed by atoms with Crippen LogP contribution >= 0.6 is 0 Å². The Balaban J connectivity index is 1.52. The van der Waals surface area contributed by atoms with E-state index in [1.807, 2.05) is 13.0 Å². The summed E-state index contributed by atoms with van der Waals surface area (Å²) < 4.78 is 33.0. The van der Waals surface area contributed by atoms with Crippen molar-refractivity contribution < 1.29 is 18.3 Å². The second-order valence-electron chi connectivity index (χ2n) is 7.81. The number of nitrogens with zero attached hydrogens (tertiary/aromatic N) is 3. The fraction of sp³-hybridized carbons (Fsp3) is 0.364. The lowest BCUT2D eigenvalue weighted by molar-refractivity contribution is -0.118. The maximum atomic E-state index is 14.0. The second kappa shape index (κ2) is 7.93. The Morgan fingerprint density at radius 2 is 2.10 bits per heavy atom. The highest BCUT2D eigenvalue weighted by Crippen LogP contribution is 2.60. The zero-order valence-corrected chi connectivity index (χ0v) is 16.7. The minimum atomic E-state index is -0.618. The zero-order chi connectivity index (χ0) is 21.3. The summed E-state index contributed by atoms with van der Waals surface area (Å²) in [7, 11) is 0. The highest BCUT2D eigenvalue weighted by Gasteiger charge is 2.62. The van der Waals surface area contributed by atoms with E-state index in [0.717, 1.165) is 0 Å². The smallest absolute Gasteiger partial charge is 0.228 e. The van der Waals surface area contributed by atoms with Crippen molar-refractivity contribution in [2.45, 2.75) is 26.7 Å². The van der Waals surface area contributed by atoms with Crippen LogP contribution in [0.4, 0.5) is 14.5 Å². The van der Waals surface area contributed by atoms with Gasteiger partial charge < -0.3 is 10.1 Å². The van der Waals surface area contributed by atoms with E-state index in [0.29, 0.717) is 29.4 Å². The van der Waals surface area contributed by atoms with E-state index in [1.54, 1.807) is 19.2 Å². The van der Waals surface area contributed by atoms with Crippen LogP contribution < -0.4 is 10.1 Å². The molecule has 4 rings (SSSR count). The van der Waals surface area contributed by atoms with E-state index in [9.17, 15) is 13.6 Å². The summed E-state index contributed by atoms with van der Waals surface area (Å²) in [5.41, 5.74) is 0.579. The largest absolute Gasteiger partial charge is 0.489 e. The Kier molecular flexibility index (Phi) is 5.32. The summed E-state index contributed by atoms with van der Waals surface area (Å²) in [6.07, 6.45) is 8.71. The van der Waals surface area contributed by atoms with Crippen LogP contribution in [0.3, 0.4) is 0 Å². The van der Waals surface area contributed by atoms with E-state index in [4.69, 9.17) is 4.74 Å². The lowest BCUT2D eigenvalue weighted by atomic mass is 9.82. The summed E-state index contributed by atoms with van der Waals surface area (Å²) in [6, 6.07) is 2.64. The molecule has 8 heteroatoms. The average molecular weight is 412 g/mol. The molecular weight excluding hydrogens is 390 g/mol. The molecule has 1 unspecified atom stereocenters. The molecule has 6 nitrogen and oxygen atoms in total. The van der Waals surface area contributed by atoms with Gasteiger partial charge in [0.15, 0.2) is 5.75 Å². The van der Waals surface area contributed by atoms with Crippen molar-refractivity contribution in [2.75, 3.05) is 11.9 Å². The first-order chi connectivity index (χ1) is 14.4. The lowest BCUT2D eigenvalue weighted by Crippen LogP contribution is -2.30. The fourth-order valence-electron chi connectivity index (χ4n) is 3.99. The van der Waals surface area contributed by atoms with Gasteiger partial charge in [0, 0.05) is 17.8 Å². The SMILES string of the molecule is Cc1ncc(OC[C@@]2(C3C=CC=C(F)C3)C[C@H]2C(=O)Nc2ccc(F)nc2)c(C)n1. The Morgan fingerprint density at radius 1 is 1.27 bits per heavy atom. The number of halogens is 2. The average Bonchev–Trinajstić information content (AvgIpc) is 3.45. The maximum Gasteiger partial charge on any atom is 0.228 e. The van der Waals surface area contributed by atoms with Crippen LogP contribution in [0.5, 0.6) is 5.75 Å². The summed E-state index contributed by atoms with van der Waals surface area (Å²) in [6.45, 7) is 3.87. The first-order valence-electron chi connectivity index (χ1n) is 9.76. The van der Waals surface area contributed by atoms with E-state index in [2.05, 4.69) is 20.3 Å². The molecule has 3 atom stereocenters. The molecule has 0 saturated heterocycles. The summed E-state index contributed by atoms with van der Waals surface area (Å²) >= 11 is 0. The fourth-order valence-corrected chi connectivity index (χ4v) is 3.99. The number of rotatable bonds is 6. The molecule has 0 bridgehead atoms. The summed E-state index contributed by atoms with van der Waals surface area (Å²) in [5, 5.41) is 2.77. The van der Waals surface area contributed by atoms with Gasteiger partial charge in [0.2, 0.25) is 11.9 Å². The number of hydrogen-bond acceptors (Lipinski definition) is 5. The van der Waals surface area contributed by atoms with Crippen molar-refractivity contribution in [1.29, 1.82) is 0 Å². The number of carbonyl (C=O) groups excluding carboxylic acids is 1. The molecule has 0 aliphatic heterocycles. The Morgan fingerprint density at radius 3 is 2.80 bits per heavy atom. The van der Waals surface area contributed by atoms with Gasteiger partial charge in [0.05, 0.1) is 30.4 Å². The van der Waals surface area contributed by atoms with Gasteiger partial charge in [0.1, 0.15) is 11.7 Å². The molecule has 1 N–H and O–H groups in total. The molecule has 2 aromatic rings. The van der Waals surface area contributed by atoms with Crippen LogP contribution in [-0.4, -0.2) is 27.5 Å². The van der Waals surface area contributed by atoms with E-state index < -0.39 is 11.4 Å². The first-order valence-corrected chi connectivity index (χ1v) is 9.76. The molecule has 2 aliphatic rings. The topological polar surface area (TPSA) is 77.0 Å². The van der Waals surface area contributed by atoms with Gasteiger partial charge in [-0.1, -0.05) is 12.2 Å². The number of carbonyl (C=O) groups is 1. The van der Waals surface area contributed by atoms with Crippen molar-refractivity contribution in [3.63, 3.8) is 0 Å². The van der Waals surface area contributed by atoms with Crippen LogP contribution in [0.25, 0.3) is 0 Å². The lowest BCUT2D eigenvalue weighted by Gasteiger charge is -2.27. The number of allylic oxidation sites excluding steroid dienone is 4. The van der Waals surface area contributed by atoms with Crippen LogP contribution in [0, 0.1) is 37.0 Å². The van der Waals surface area contributed by atoms with Crippen LogP contribution in [0.1, 0.15) is 24.4 Å². The molecule has 0 radical (unpaired) electrons. The van der Waals surface area contributed by atoms with Crippen molar-refractivity contribution in [1.82, 2.24) is 15.0 Å². The van der Waals surface area contributed by atoms with Gasteiger partial charge in [-0.05, 0) is 44.4 Å². The van der Waals surface area contributed by atoms with E-state index >= 15 is 0 Å². The van der Waals surface area contributed by atoms with Gasteiger partial charge in [-0.2, -0.15) is 4.39 Å². The number of hydrogen-bond donors (Lipinski definition) is 1. The number of pyridine rings is 1. The first kappa shape index (κ1) is 20.1. The molecule has 2 aromatic heterocycles. The van der Waals surface area contributed by atoms with Crippen molar-refractivity contribution in [3.05, 3.63) is 66.0 Å². The highest BCUT2D eigenvalue weighted by atomic mass is 19.1. The number of amides is 1. The predicted octanol–water partition coefficient (Wildman–Crippen LogP) is 4.08. The van der Waals surface area contributed by atoms with Gasteiger partial charge >= 0.3 is 0 Å². The zero-order valence-electron chi connectivity index (χ0n) is 16.7. The van der Waals surface area contributed by atoms with Crippen LogP contribution in [0.15, 0.2) is 48.6 Å². The van der Waals surface area contributed by atoms with Crippen molar-refractivity contribution in [3.8, 4) is 5.75 Å². The summed E-state index contributed by atoms with van der Waals surface area (Å²) in [4.78, 5) is 24.9. The maximum absolute atomic E-state index is 14.0. The van der Waals surface area contributed by atoms with E-state index in [-0.39, 0.29) is 36.6 Å². The van der Waals surface area contributed by atoms with Crippen molar-refractivity contribution >= 4 is 11.6 Å². The number of nitrogens with one attached hydrogen (secondary N) is 1. The number of anilines is 1. The standard InChI is InChI=1S/C22H22F2N4O2/c1-13-19(11-25-14(2)27-13)30-12-22(15-4-3-5-16(23)8-15)9-18(22)21(29)28-17-6-7-20(24)26-10-17/h3-7,10-11,15,18H,8-9,12H2,1-2H3,(H,28,29)/t15?,18-,22+/m0/s1. The third-order valence-electron chi connectivity index (χ3n) is 5.75. The van der Waals surface area contributed by atoms with Gasteiger partial charge in [-0.15, -0.1) is 0 Å². The summed E-state index contributed by atoms with van der Waals surface area (Å²) in [5.74, 6) is -0.394. The second-order valence-corrected chi connectivity index (χ2v) is 7.81. The monoisotopic (exact) mass is 412 g/mol. The predicted molar refractivity (Wildman–Crippen MR) is 107 cm³/mol. The quantitative estimate of drug-likeness (QED) is 0.724. The van der Waals surface area contributed by atoms with Gasteiger partial charge in [0.25, 0.3) is 0 Å². The highest BCUT2D eigenvalue weighted by molar-refractivity contribution is 5.95. The van der Waals surface area contributed by atoms with Crippen molar-refractivity contribution in [2.24, 2.45) is 17.3 Å². The third-order valence-corrected chi connectivity index (χ3v) is 5.75. The Labute approximate surface area is 173 Å². The minimum Gasteiger partial charge on any atom is -0.489 e. The Hall–Kier alpha value is -3.16. The molecule has 2 heterocycles. The molecule has 1 saturated carbocycles. The minimum absolute atomic E-state index is 0.170. The number of ether oxygens (including phenoxy) is 1. The molecule has 0 aromatic carbocycles. The van der Waals surface area contributed by atoms with Gasteiger partial charge in [-0.3, -0.25) is 4.79 Å². The van der Waals surface area contributed by atoms with Crippen LogP contribution in [0.2, 0.25) is 0 Å². The Bertz CT molecular complexity index is 1020. The molecule has 30 heavy (non-hydrogen) atoms. The molecule has 1 amide bonds. The van der Waals surface area contributed by atoms with Gasteiger partial charge in [-0.25, -0.2) is 19.3 Å². The molecular formula is C22H22F2N4O2. The van der Waals surface area contributed by atoms with Crippen LogP contribution in [-0.2, 0) is 4.79 Å². The molecule has 1 fully saturated rings. The number of aryl methyl sites for hydroxylation is 2. The third kappa shape index (κ3) is 4.08. The molecule has 2 aliphatic carbocycles. The molecule has 0 spiro atoms. The normalized spacial score (nSPS) is 24.9.